The molecule has 14 heteroatoms. The number of aromatic nitrogens is 7. The summed E-state index contributed by atoms with van der Waals surface area (Å²) in [6.07, 6.45) is 7.50. The molecule has 3 N–H and O–H groups in total. The highest BCUT2D eigenvalue weighted by molar-refractivity contribution is 7.90. The molecule has 0 unspecified atom stereocenters. The largest absolute Gasteiger partial charge is 0.336 e. The molecule has 1 aromatic carbocycles. The molecule has 46 heavy (non-hydrogen) atoms. The number of nitrogens with zero attached hydrogens (tertiary/aromatic N) is 5. The number of rotatable bonds is 8. The van der Waals surface area contributed by atoms with Gasteiger partial charge in [0.15, 0.2) is 11.6 Å². The van der Waals surface area contributed by atoms with Crippen molar-refractivity contribution >= 4 is 43.4 Å². The van der Waals surface area contributed by atoms with Crippen LogP contribution < -0.4 is 5.32 Å². The van der Waals surface area contributed by atoms with E-state index in [0.29, 0.717) is 51.0 Å². The number of amides is 1. The minimum atomic E-state index is -3.25. The Morgan fingerprint density at radius 2 is 1.76 bits per heavy atom. The third-order valence-corrected chi connectivity index (χ3v) is 8.09. The summed E-state index contributed by atoms with van der Waals surface area (Å²) < 4.78 is 54.2. The lowest BCUT2D eigenvalue weighted by Gasteiger charge is -2.17. The number of anilines is 1. The summed E-state index contributed by atoms with van der Waals surface area (Å²) in [4.78, 5) is 33.2. The lowest BCUT2D eigenvalue weighted by atomic mass is 9.92. The fourth-order valence-corrected chi connectivity index (χ4v) is 5.77. The minimum Gasteiger partial charge on any atom is -0.336 e. The number of aryl methyl sites for hydroxylation is 1. The van der Waals surface area contributed by atoms with Crippen molar-refractivity contribution in [1.29, 1.82) is 0 Å². The standard InChI is InChI=1S/C32H30F2N8O3S/c1-32(2,3)13-24(43)38-21-12-19(14-35-15-21)27-26(34)25-23(16-37-27)41-42-30(25)31-39-22-5-7-36-28(29(22)40-31)18-9-17(10-20(33)11-18)6-8-46(4,44)45/h5,7,9-12,14-16H,6,8,13H2,1-4H3,(H,38,43)(H,39,40)(H,41,42). The maximum Gasteiger partial charge on any atom is 0.224 e. The van der Waals surface area contributed by atoms with Crippen molar-refractivity contribution in [1.82, 2.24) is 35.1 Å². The molecule has 6 aromatic rings. The molecule has 0 fully saturated rings. The fraction of sp³-hybridized carbons (Fsp3) is 0.250. The second-order valence-electron chi connectivity index (χ2n) is 12.4. The molecule has 11 nitrogen and oxygen atoms in total. The van der Waals surface area contributed by atoms with Gasteiger partial charge in [-0.3, -0.25) is 24.8 Å². The second kappa shape index (κ2) is 11.7. The maximum atomic E-state index is 16.2. The Kier molecular flexibility index (Phi) is 7.84. The van der Waals surface area contributed by atoms with Crippen LogP contribution >= 0.6 is 0 Å². The highest BCUT2D eigenvalue weighted by Gasteiger charge is 2.22. The van der Waals surface area contributed by atoms with Gasteiger partial charge in [-0.2, -0.15) is 5.10 Å². The van der Waals surface area contributed by atoms with Crippen LogP contribution in [0.2, 0.25) is 0 Å². The van der Waals surface area contributed by atoms with E-state index in [1.165, 1.54) is 36.9 Å². The summed E-state index contributed by atoms with van der Waals surface area (Å²) in [6, 6.07) is 7.56. The number of carbonyl (C=O) groups is 1. The molecule has 6 rings (SSSR count). The Morgan fingerprint density at radius 1 is 0.957 bits per heavy atom. The van der Waals surface area contributed by atoms with Gasteiger partial charge in [0.25, 0.3) is 0 Å². The number of nitrogens with one attached hydrogen (secondary N) is 3. The number of aromatic amines is 2. The number of imidazole rings is 1. The number of halogens is 2. The summed E-state index contributed by atoms with van der Waals surface area (Å²) in [5, 5.41) is 10.1. The van der Waals surface area contributed by atoms with Crippen LogP contribution in [0.1, 0.15) is 32.8 Å². The van der Waals surface area contributed by atoms with Gasteiger partial charge in [-0.25, -0.2) is 22.2 Å². The average Bonchev–Trinajstić information content (AvgIpc) is 3.59. The summed E-state index contributed by atoms with van der Waals surface area (Å²) >= 11 is 0. The predicted molar refractivity (Wildman–Crippen MR) is 171 cm³/mol. The van der Waals surface area contributed by atoms with E-state index in [4.69, 9.17) is 0 Å². The van der Waals surface area contributed by atoms with E-state index in [1.807, 2.05) is 20.8 Å². The highest BCUT2D eigenvalue weighted by Crippen LogP contribution is 2.34. The van der Waals surface area contributed by atoms with Crippen molar-refractivity contribution in [2.75, 3.05) is 17.3 Å². The monoisotopic (exact) mass is 644 g/mol. The van der Waals surface area contributed by atoms with Crippen molar-refractivity contribution in [3.8, 4) is 34.0 Å². The summed E-state index contributed by atoms with van der Waals surface area (Å²) in [5.74, 6) is -1.28. The van der Waals surface area contributed by atoms with Gasteiger partial charge >= 0.3 is 0 Å². The maximum absolute atomic E-state index is 16.2. The van der Waals surface area contributed by atoms with Crippen LogP contribution in [0.15, 0.2) is 55.1 Å². The van der Waals surface area contributed by atoms with E-state index in [2.05, 4.69) is 40.4 Å². The van der Waals surface area contributed by atoms with Crippen molar-refractivity contribution in [3.05, 3.63) is 72.3 Å². The molecule has 0 atom stereocenters. The molecule has 1 amide bonds. The van der Waals surface area contributed by atoms with Crippen LogP contribution in [0.3, 0.4) is 0 Å². The van der Waals surface area contributed by atoms with E-state index < -0.39 is 21.5 Å². The van der Waals surface area contributed by atoms with Gasteiger partial charge in [0.2, 0.25) is 5.91 Å². The van der Waals surface area contributed by atoms with Gasteiger partial charge in [-0.15, -0.1) is 0 Å². The van der Waals surface area contributed by atoms with Crippen LogP contribution in [-0.4, -0.2) is 61.5 Å². The highest BCUT2D eigenvalue weighted by atomic mass is 32.2. The minimum absolute atomic E-state index is 0.00872. The molecule has 0 aliphatic rings. The van der Waals surface area contributed by atoms with Crippen LogP contribution in [0, 0.1) is 17.0 Å². The lowest BCUT2D eigenvalue weighted by molar-refractivity contribution is -0.117. The molecule has 5 aromatic heterocycles. The Balaban J connectivity index is 1.38. The first-order valence-electron chi connectivity index (χ1n) is 14.3. The van der Waals surface area contributed by atoms with Crippen LogP contribution in [-0.2, 0) is 21.1 Å². The molecular weight excluding hydrogens is 614 g/mol. The summed E-state index contributed by atoms with van der Waals surface area (Å²) in [7, 11) is -3.25. The molecule has 5 heterocycles. The fourth-order valence-electron chi connectivity index (χ4n) is 5.17. The Morgan fingerprint density at radius 3 is 2.52 bits per heavy atom. The van der Waals surface area contributed by atoms with Gasteiger partial charge in [0.1, 0.15) is 32.6 Å². The van der Waals surface area contributed by atoms with E-state index in [0.717, 1.165) is 6.26 Å². The number of pyridine rings is 3. The quantitative estimate of drug-likeness (QED) is 0.186. The normalized spacial score (nSPS) is 12.2. The number of H-pyrrole nitrogens is 2. The zero-order valence-electron chi connectivity index (χ0n) is 25.4. The molecule has 0 aliphatic heterocycles. The van der Waals surface area contributed by atoms with E-state index in [-0.39, 0.29) is 46.1 Å². The molecule has 0 spiro atoms. The van der Waals surface area contributed by atoms with Gasteiger partial charge < -0.3 is 10.3 Å². The Hall–Kier alpha value is -5.11. The number of hydrogen-bond acceptors (Lipinski definition) is 8. The first kappa shape index (κ1) is 30.9. The Labute approximate surface area is 262 Å². The van der Waals surface area contributed by atoms with Gasteiger partial charge in [0, 0.05) is 36.2 Å². The number of carbonyl (C=O) groups excluding carboxylic acids is 1. The first-order chi connectivity index (χ1) is 21.7. The number of benzene rings is 1. The Bertz CT molecular complexity index is 2240. The van der Waals surface area contributed by atoms with Crippen LogP contribution in [0.25, 0.3) is 56.0 Å². The predicted octanol–water partition coefficient (Wildman–Crippen LogP) is 5.87. The van der Waals surface area contributed by atoms with Gasteiger partial charge in [-0.05, 0) is 47.7 Å². The van der Waals surface area contributed by atoms with E-state index in [9.17, 15) is 17.6 Å². The number of hydrogen-bond donors (Lipinski definition) is 3. The van der Waals surface area contributed by atoms with Gasteiger partial charge in [0.05, 0.1) is 45.9 Å². The van der Waals surface area contributed by atoms with Crippen molar-refractivity contribution in [2.24, 2.45) is 5.41 Å². The SMILES string of the molecule is CC(C)(C)CC(=O)Nc1cncc(-c2ncc3[nH]nc(-c4nc5c(-c6cc(F)cc(CCS(C)(=O)=O)c6)nccc5[nH]4)c3c2F)c1. The molecule has 0 radical (unpaired) electrons. The first-order valence-corrected chi connectivity index (χ1v) is 16.4. The topological polar surface area (TPSA) is 159 Å². The lowest BCUT2D eigenvalue weighted by Crippen LogP contribution is -2.19. The zero-order valence-corrected chi connectivity index (χ0v) is 26.3. The molecular formula is C32H30F2N8O3S. The molecule has 0 bridgehead atoms. The molecule has 0 saturated carbocycles. The molecule has 0 aliphatic carbocycles. The van der Waals surface area contributed by atoms with Gasteiger partial charge in [-0.1, -0.05) is 20.8 Å². The van der Waals surface area contributed by atoms with Crippen molar-refractivity contribution < 1.29 is 22.0 Å². The zero-order chi connectivity index (χ0) is 32.8. The molecule has 236 valence electrons. The summed E-state index contributed by atoms with van der Waals surface area (Å²) in [5.41, 5.74) is 3.31. The van der Waals surface area contributed by atoms with Crippen molar-refractivity contribution in [2.45, 2.75) is 33.6 Å². The number of sulfone groups is 1. The third-order valence-electron chi connectivity index (χ3n) is 7.15. The van der Waals surface area contributed by atoms with Crippen LogP contribution in [0.5, 0.6) is 0 Å². The molecule has 0 saturated heterocycles. The second-order valence-corrected chi connectivity index (χ2v) is 14.7. The van der Waals surface area contributed by atoms with E-state index >= 15 is 4.39 Å². The average molecular weight is 645 g/mol. The van der Waals surface area contributed by atoms with Crippen molar-refractivity contribution in [3.63, 3.8) is 0 Å². The van der Waals surface area contributed by atoms with Crippen LogP contribution in [0.4, 0.5) is 14.5 Å². The third kappa shape index (κ3) is 6.61. The smallest absolute Gasteiger partial charge is 0.224 e. The summed E-state index contributed by atoms with van der Waals surface area (Å²) in [6.45, 7) is 5.87. The number of fused-ring (bicyclic) bond motifs is 2. The van der Waals surface area contributed by atoms with E-state index in [1.54, 1.807) is 18.2 Å².